The van der Waals surface area contributed by atoms with Gasteiger partial charge in [-0.25, -0.2) is 9.99 Å². The molecule has 88 valence electrons. The zero-order chi connectivity index (χ0) is 11.7. The molecule has 0 aromatic rings. The largest absolute Gasteiger partial charge is 0.748 e. The molecule has 1 unspecified atom stereocenters. The maximum atomic E-state index is 10.9. The minimum atomic E-state index is -0.499. The second-order valence-corrected chi connectivity index (χ2v) is 3.47. The van der Waals surface area contributed by atoms with Gasteiger partial charge in [-0.1, -0.05) is 6.58 Å². The normalized spacial score (nSPS) is 11.2. The first-order valence-electron chi connectivity index (χ1n) is 4.18. The molecule has 2 N–H and O–H groups in total. The molecule has 0 aliphatic carbocycles. The summed E-state index contributed by atoms with van der Waals surface area (Å²) in [7, 11) is 1.75. The second-order valence-electron chi connectivity index (χ2n) is 2.49. The zero-order valence-corrected chi connectivity index (χ0v) is 9.70. The highest BCUT2D eigenvalue weighted by molar-refractivity contribution is 7.32. The molecule has 0 spiro atoms. The Bertz CT molecular complexity index is 214. The Kier molecular flexibility index (Phi) is 8.40. The SMILES string of the molecule is C=C(C)C(=O)OCCON([O-])NPNC. The van der Waals surface area contributed by atoms with Gasteiger partial charge < -0.3 is 9.94 Å². The van der Waals surface area contributed by atoms with Gasteiger partial charge >= 0.3 is 5.97 Å². The van der Waals surface area contributed by atoms with Crippen LogP contribution < -0.4 is 10.3 Å². The van der Waals surface area contributed by atoms with Gasteiger partial charge in [-0.2, -0.15) is 5.34 Å². The summed E-state index contributed by atoms with van der Waals surface area (Å²) in [6.07, 6.45) is 0. The summed E-state index contributed by atoms with van der Waals surface area (Å²) >= 11 is 0. The lowest BCUT2D eigenvalue weighted by Gasteiger charge is -2.26. The quantitative estimate of drug-likeness (QED) is 0.203. The van der Waals surface area contributed by atoms with Gasteiger partial charge in [-0.05, 0) is 14.0 Å². The average molecular weight is 236 g/mol. The fraction of sp³-hybridized carbons (Fsp3) is 0.571. The number of hydrogen-bond donors (Lipinski definition) is 2. The summed E-state index contributed by atoms with van der Waals surface area (Å²) in [5.41, 5.74) is 0.309. The maximum Gasteiger partial charge on any atom is 0.333 e. The van der Waals surface area contributed by atoms with Crippen molar-refractivity contribution in [2.75, 3.05) is 20.3 Å². The van der Waals surface area contributed by atoms with Crippen molar-refractivity contribution < 1.29 is 14.4 Å². The first-order valence-corrected chi connectivity index (χ1v) is 5.18. The van der Waals surface area contributed by atoms with Crippen LogP contribution in [0.1, 0.15) is 6.92 Å². The predicted octanol–water partition coefficient (Wildman–Crippen LogP) is 0.0696. The molecule has 0 amide bonds. The van der Waals surface area contributed by atoms with Gasteiger partial charge in [0.2, 0.25) is 0 Å². The minimum absolute atomic E-state index is 0.00871. The monoisotopic (exact) mass is 236 g/mol. The van der Waals surface area contributed by atoms with Crippen molar-refractivity contribution in [2.45, 2.75) is 6.92 Å². The minimum Gasteiger partial charge on any atom is -0.748 e. The van der Waals surface area contributed by atoms with Crippen LogP contribution in [0.3, 0.4) is 0 Å². The van der Waals surface area contributed by atoms with Crippen molar-refractivity contribution in [3.63, 3.8) is 0 Å². The van der Waals surface area contributed by atoms with Gasteiger partial charge in [0.15, 0.2) is 0 Å². The van der Waals surface area contributed by atoms with Crippen LogP contribution in [0.5, 0.6) is 0 Å². The van der Waals surface area contributed by atoms with E-state index < -0.39 is 5.97 Å². The van der Waals surface area contributed by atoms with E-state index in [0.29, 0.717) is 5.57 Å². The Balaban J connectivity index is 3.37. The highest BCUT2D eigenvalue weighted by atomic mass is 31.1. The number of ether oxygens (including phenoxy) is 1. The third-order valence-corrected chi connectivity index (χ3v) is 1.69. The topological polar surface area (TPSA) is 85.9 Å². The lowest BCUT2D eigenvalue weighted by Crippen LogP contribution is -2.29. The first-order chi connectivity index (χ1) is 7.07. The summed E-state index contributed by atoms with van der Waals surface area (Å²) in [6.45, 7) is 4.94. The number of carbonyl (C=O) groups excluding carboxylic acids is 1. The van der Waals surface area contributed by atoms with E-state index in [2.05, 4.69) is 26.4 Å². The van der Waals surface area contributed by atoms with Gasteiger partial charge in [-0.15, -0.1) is 0 Å². The maximum absolute atomic E-state index is 10.9. The average Bonchev–Trinajstić information content (AvgIpc) is 2.20. The fourth-order valence-electron chi connectivity index (χ4n) is 0.512. The zero-order valence-electron chi connectivity index (χ0n) is 8.70. The molecule has 0 aromatic heterocycles. The van der Waals surface area contributed by atoms with Crippen molar-refractivity contribution in [1.82, 2.24) is 15.6 Å². The van der Waals surface area contributed by atoms with Gasteiger partial charge in [0.1, 0.15) is 13.2 Å². The van der Waals surface area contributed by atoms with Crippen LogP contribution in [0.2, 0.25) is 0 Å². The molecule has 0 saturated heterocycles. The van der Waals surface area contributed by atoms with Gasteiger partial charge in [0.25, 0.3) is 0 Å². The molecular weight excluding hydrogens is 221 g/mol. The van der Waals surface area contributed by atoms with Crippen molar-refractivity contribution in [3.05, 3.63) is 17.4 Å². The van der Waals surface area contributed by atoms with Gasteiger partial charge in [0, 0.05) is 14.5 Å². The Morgan fingerprint density at radius 3 is 2.80 bits per heavy atom. The van der Waals surface area contributed by atoms with Crippen molar-refractivity contribution in [3.8, 4) is 0 Å². The van der Waals surface area contributed by atoms with Crippen LogP contribution in [0.4, 0.5) is 0 Å². The molecule has 0 saturated carbocycles. The van der Waals surface area contributed by atoms with Crippen LogP contribution in [-0.2, 0) is 14.4 Å². The molecule has 0 fully saturated rings. The van der Waals surface area contributed by atoms with Crippen LogP contribution in [0.15, 0.2) is 12.2 Å². The lowest BCUT2D eigenvalue weighted by atomic mass is 10.4. The lowest BCUT2D eigenvalue weighted by molar-refractivity contribution is -0.161. The molecule has 0 bridgehead atoms. The molecular formula is C7H15N3O4P-. The third-order valence-electron chi connectivity index (χ3n) is 1.15. The number of rotatable bonds is 8. The van der Waals surface area contributed by atoms with E-state index in [4.69, 9.17) is 0 Å². The Morgan fingerprint density at radius 1 is 1.60 bits per heavy atom. The second kappa shape index (κ2) is 8.72. The molecule has 8 heteroatoms. The Labute approximate surface area is 90.2 Å². The van der Waals surface area contributed by atoms with E-state index in [1.54, 1.807) is 14.0 Å². The van der Waals surface area contributed by atoms with E-state index >= 15 is 0 Å². The van der Waals surface area contributed by atoms with E-state index in [-0.39, 0.29) is 27.4 Å². The number of nitrogens with one attached hydrogen (secondary N) is 2. The molecule has 0 aliphatic heterocycles. The van der Waals surface area contributed by atoms with Crippen LogP contribution in [-0.4, -0.2) is 31.6 Å². The Hall–Kier alpha value is -0.560. The molecule has 0 aliphatic rings. The molecule has 0 aromatic carbocycles. The van der Waals surface area contributed by atoms with E-state index in [9.17, 15) is 10.0 Å². The number of nitrogens with zero attached hydrogens (tertiary/aromatic N) is 1. The highest BCUT2D eigenvalue weighted by Crippen LogP contribution is 1.96. The number of hydrogen-bond acceptors (Lipinski definition) is 7. The Morgan fingerprint density at radius 2 is 2.27 bits per heavy atom. The van der Waals surface area contributed by atoms with Crippen LogP contribution in [0, 0.1) is 5.21 Å². The molecule has 7 nitrogen and oxygen atoms in total. The van der Waals surface area contributed by atoms with Crippen LogP contribution in [0.25, 0.3) is 0 Å². The first kappa shape index (κ1) is 14.4. The summed E-state index contributed by atoms with van der Waals surface area (Å²) in [4.78, 5) is 15.5. The van der Waals surface area contributed by atoms with Gasteiger partial charge in [-0.3, -0.25) is 9.92 Å². The highest BCUT2D eigenvalue weighted by Gasteiger charge is 2.01. The van der Waals surface area contributed by atoms with Gasteiger partial charge in [0.05, 0.1) is 0 Å². The fourth-order valence-corrected chi connectivity index (χ4v) is 0.779. The summed E-state index contributed by atoms with van der Waals surface area (Å²) in [5, 5.41) is 16.1. The van der Waals surface area contributed by atoms with Crippen molar-refractivity contribution in [1.29, 1.82) is 0 Å². The summed E-state index contributed by atoms with van der Waals surface area (Å²) in [6, 6.07) is 0. The molecule has 15 heavy (non-hydrogen) atoms. The number of esters is 1. The summed E-state index contributed by atoms with van der Waals surface area (Å²) in [5.74, 6) is -0.499. The van der Waals surface area contributed by atoms with Crippen molar-refractivity contribution in [2.24, 2.45) is 0 Å². The van der Waals surface area contributed by atoms with Crippen LogP contribution >= 0.6 is 8.88 Å². The third kappa shape index (κ3) is 8.44. The molecule has 1 atom stereocenters. The molecule has 0 heterocycles. The van der Waals surface area contributed by atoms with E-state index in [1.807, 2.05) is 0 Å². The van der Waals surface area contributed by atoms with Crippen molar-refractivity contribution >= 4 is 14.9 Å². The predicted molar refractivity (Wildman–Crippen MR) is 57.4 cm³/mol. The van der Waals surface area contributed by atoms with E-state index in [0.717, 1.165) is 0 Å². The smallest absolute Gasteiger partial charge is 0.333 e. The summed E-state index contributed by atoms with van der Waals surface area (Å²) < 4.78 is 4.69. The molecule has 0 radical (unpaired) electrons. The number of carbonyl (C=O) groups is 1. The molecule has 0 rings (SSSR count). The number of hydrazine groups is 1. The van der Waals surface area contributed by atoms with E-state index in [1.165, 1.54) is 0 Å². The standard InChI is InChI=1S/C7H15N3O4P/c1-6(2)7(11)13-4-5-14-10(12)9-15-8-3/h8-9,15H,1,4-5H2,2-3H3/q-1.